The second-order valence-electron chi connectivity index (χ2n) is 7.73. The number of nitrogens with zero attached hydrogens (tertiary/aromatic N) is 2. The monoisotopic (exact) mass is 401 g/mol. The SMILES string of the molecule is COc1cccc(-c2ccc(NC(=O)[C@@H]3CCCN(Cc4cccnc4)C3)cc2)c1. The zero-order valence-corrected chi connectivity index (χ0v) is 17.3. The van der Waals surface area contributed by atoms with Crippen molar-refractivity contribution in [3.63, 3.8) is 0 Å². The van der Waals surface area contributed by atoms with Crippen molar-refractivity contribution >= 4 is 11.6 Å². The van der Waals surface area contributed by atoms with Crippen molar-refractivity contribution in [2.75, 3.05) is 25.5 Å². The lowest BCUT2D eigenvalue weighted by Crippen LogP contribution is -2.40. The van der Waals surface area contributed by atoms with E-state index >= 15 is 0 Å². The van der Waals surface area contributed by atoms with Crippen LogP contribution in [-0.4, -0.2) is 36.0 Å². The molecule has 1 amide bonds. The minimum atomic E-state index is 0.00785. The maximum Gasteiger partial charge on any atom is 0.228 e. The van der Waals surface area contributed by atoms with Gasteiger partial charge < -0.3 is 10.1 Å². The van der Waals surface area contributed by atoms with Crippen LogP contribution in [0.2, 0.25) is 0 Å². The van der Waals surface area contributed by atoms with Crippen LogP contribution >= 0.6 is 0 Å². The number of rotatable bonds is 6. The number of methoxy groups -OCH3 is 1. The van der Waals surface area contributed by atoms with Gasteiger partial charge in [-0.1, -0.05) is 30.3 Å². The summed E-state index contributed by atoms with van der Waals surface area (Å²) >= 11 is 0. The maximum absolute atomic E-state index is 12.8. The summed E-state index contributed by atoms with van der Waals surface area (Å²) in [5.41, 5.74) is 4.19. The van der Waals surface area contributed by atoms with Crippen LogP contribution in [-0.2, 0) is 11.3 Å². The zero-order valence-electron chi connectivity index (χ0n) is 17.3. The fourth-order valence-electron chi connectivity index (χ4n) is 3.96. The van der Waals surface area contributed by atoms with Gasteiger partial charge in [-0.25, -0.2) is 0 Å². The molecule has 2 heterocycles. The average molecular weight is 402 g/mol. The minimum absolute atomic E-state index is 0.00785. The summed E-state index contributed by atoms with van der Waals surface area (Å²) in [5, 5.41) is 3.09. The molecule has 1 aromatic heterocycles. The van der Waals surface area contributed by atoms with E-state index in [0.717, 1.165) is 55.0 Å². The Labute approximate surface area is 177 Å². The number of benzene rings is 2. The predicted octanol–water partition coefficient (Wildman–Crippen LogP) is 4.61. The van der Waals surface area contributed by atoms with E-state index in [2.05, 4.69) is 27.3 Å². The molecule has 5 nitrogen and oxygen atoms in total. The number of aromatic nitrogens is 1. The Morgan fingerprint density at radius 2 is 2.00 bits per heavy atom. The summed E-state index contributed by atoms with van der Waals surface area (Å²) in [4.78, 5) is 19.4. The van der Waals surface area contributed by atoms with Crippen LogP contribution < -0.4 is 10.1 Å². The van der Waals surface area contributed by atoms with E-state index < -0.39 is 0 Å². The van der Waals surface area contributed by atoms with Gasteiger partial charge in [0.15, 0.2) is 0 Å². The van der Waals surface area contributed by atoms with E-state index in [4.69, 9.17) is 4.74 Å². The Kier molecular flexibility index (Phi) is 6.40. The number of ether oxygens (including phenoxy) is 1. The molecule has 0 radical (unpaired) electrons. The largest absolute Gasteiger partial charge is 0.497 e. The summed E-state index contributed by atoms with van der Waals surface area (Å²) < 4.78 is 5.30. The number of piperidine rings is 1. The lowest BCUT2D eigenvalue weighted by Gasteiger charge is -2.32. The Morgan fingerprint density at radius 1 is 1.13 bits per heavy atom. The lowest BCUT2D eigenvalue weighted by molar-refractivity contribution is -0.121. The quantitative estimate of drug-likeness (QED) is 0.655. The molecule has 2 aromatic carbocycles. The normalized spacial score (nSPS) is 16.8. The third kappa shape index (κ3) is 5.05. The molecule has 154 valence electrons. The first kappa shape index (κ1) is 20.1. The van der Waals surface area contributed by atoms with Gasteiger partial charge in [0.05, 0.1) is 13.0 Å². The number of nitrogens with one attached hydrogen (secondary N) is 1. The molecule has 1 N–H and O–H groups in total. The first-order chi connectivity index (χ1) is 14.7. The van der Waals surface area contributed by atoms with E-state index in [1.54, 1.807) is 13.3 Å². The highest BCUT2D eigenvalue weighted by Crippen LogP contribution is 2.26. The molecule has 0 unspecified atom stereocenters. The summed E-state index contributed by atoms with van der Waals surface area (Å²) in [6.07, 6.45) is 5.65. The van der Waals surface area contributed by atoms with Crippen molar-refractivity contribution in [3.05, 3.63) is 78.6 Å². The highest BCUT2D eigenvalue weighted by atomic mass is 16.5. The molecule has 30 heavy (non-hydrogen) atoms. The smallest absolute Gasteiger partial charge is 0.228 e. The minimum Gasteiger partial charge on any atom is -0.497 e. The third-order valence-electron chi connectivity index (χ3n) is 5.56. The number of pyridine rings is 1. The van der Waals surface area contributed by atoms with Crippen molar-refractivity contribution in [2.45, 2.75) is 19.4 Å². The Balaban J connectivity index is 1.36. The van der Waals surface area contributed by atoms with Gasteiger partial charge >= 0.3 is 0 Å². The summed E-state index contributed by atoms with van der Waals surface area (Å²) in [7, 11) is 1.67. The van der Waals surface area contributed by atoms with Gasteiger partial charge in [-0.05, 0) is 66.4 Å². The molecular formula is C25H27N3O2. The van der Waals surface area contributed by atoms with Gasteiger partial charge in [0.1, 0.15) is 5.75 Å². The Morgan fingerprint density at radius 3 is 2.77 bits per heavy atom. The van der Waals surface area contributed by atoms with Gasteiger partial charge in [-0.2, -0.15) is 0 Å². The van der Waals surface area contributed by atoms with Crippen molar-refractivity contribution < 1.29 is 9.53 Å². The molecule has 4 rings (SSSR count). The number of hydrogen-bond acceptors (Lipinski definition) is 4. The zero-order chi connectivity index (χ0) is 20.8. The number of likely N-dealkylation sites (tertiary alicyclic amines) is 1. The number of carbonyl (C=O) groups excluding carboxylic acids is 1. The highest BCUT2D eigenvalue weighted by molar-refractivity contribution is 5.93. The van der Waals surface area contributed by atoms with Crippen LogP contribution in [0.25, 0.3) is 11.1 Å². The van der Waals surface area contributed by atoms with Gasteiger partial charge in [0.2, 0.25) is 5.91 Å². The molecule has 1 saturated heterocycles. The van der Waals surface area contributed by atoms with Crippen LogP contribution in [0.4, 0.5) is 5.69 Å². The number of hydrogen-bond donors (Lipinski definition) is 1. The van der Waals surface area contributed by atoms with E-state index in [-0.39, 0.29) is 11.8 Å². The molecule has 0 spiro atoms. The molecule has 1 atom stereocenters. The molecule has 5 heteroatoms. The highest BCUT2D eigenvalue weighted by Gasteiger charge is 2.25. The molecule has 1 aliphatic rings. The van der Waals surface area contributed by atoms with E-state index in [9.17, 15) is 4.79 Å². The van der Waals surface area contributed by atoms with Crippen molar-refractivity contribution in [1.29, 1.82) is 0 Å². The van der Waals surface area contributed by atoms with Crippen LogP contribution in [0.5, 0.6) is 5.75 Å². The number of carbonyl (C=O) groups is 1. The molecule has 0 saturated carbocycles. The maximum atomic E-state index is 12.8. The summed E-state index contributed by atoms with van der Waals surface area (Å²) in [6, 6.07) is 20.0. The van der Waals surface area contributed by atoms with E-state index in [1.807, 2.05) is 54.7 Å². The standard InChI is InChI=1S/C25H27N3O2/c1-30-24-8-2-6-21(15-24)20-9-11-23(12-10-20)27-25(29)22-7-4-14-28(18-22)17-19-5-3-13-26-16-19/h2-3,5-6,8-13,15-16,22H,4,7,14,17-18H2,1H3,(H,27,29)/t22-/m1/s1. The van der Waals surface area contributed by atoms with E-state index in [0.29, 0.717) is 0 Å². The second-order valence-corrected chi connectivity index (χ2v) is 7.73. The third-order valence-corrected chi connectivity index (χ3v) is 5.56. The fraction of sp³-hybridized carbons (Fsp3) is 0.280. The Hall–Kier alpha value is -3.18. The van der Waals surface area contributed by atoms with Gasteiger partial charge in [0, 0.05) is 31.2 Å². The molecule has 0 bridgehead atoms. The van der Waals surface area contributed by atoms with Crippen molar-refractivity contribution in [1.82, 2.24) is 9.88 Å². The van der Waals surface area contributed by atoms with Crippen LogP contribution in [0, 0.1) is 5.92 Å². The van der Waals surface area contributed by atoms with Crippen LogP contribution in [0.1, 0.15) is 18.4 Å². The van der Waals surface area contributed by atoms with Crippen LogP contribution in [0.3, 0.4) is 0 Å². The number of amides is 1. The Bertz CT molecular complexity index is 973. The van der Waals surface area contributed by atoms with Gasteiger partial charge in [-0.15, -0.1) is 0 Å². The molecule has 1 fully saturated rings. The van der Waals surface area contributed by atoms with Crippen LogP contribution in [0.15, 0.2) is 73.1 Å². The molecule has 3 aromatic rings. The lowest BCUT2D eigenvalue weighted by atomic mass is 9.96. The second kappa shape index (κ2) is 9.55. The van der Waals surface area contributed by atoms with E-state index in [1.165, 1.54) is 5.56 Å². The topological polar surface area (TPSA) is 54.5 Å². The fourth-order valence-corrected chi connectivity index (χ4v) is 3.96. The first-order valence-corrected chi connectivity index (χ1v) is 10.4. The average Bonchev–Trinajstić information content (AvgIpc) is 2.80. The molecule has 0 aliphatic carbocycles. The van der Waals surface area contributed by atoms with Crippen molar-refractivity contribution in [3.8, 4) is 16.9 Å². The van der Waals surface area contributed by atoms with Gasteiger partial charge in [-0.3, -0.25) is 14.7 Å². The number of anilines is 1. The molecule has 1 aliphatic heterocycles. The first-order valence-electron chi connectivity index (χ1n) is 10.4. The predicted molar refractivity (Wildman–Crippen MR) is 119 cm³/mol. The van der Waals surface area contributed by atoms with Gasteiger partial charge in [0.25, 0.3) is 0 Å². The summed E-state index contributed by atoms with van der Waals surface area (Å²) in [5.74, 6) is 0.937. The summed E-state index contributed by atoms with van der Waals surface area (Å²) in [6.45, 7) is 2.64. The van der Waals surface area contributed by atoms with Crippen molar-refractivity contribution in [2.24, 2.45) is 5.92 Å². The molecular weight excluding hydrogens is 374 g/mol.